The summed E-state index contributed by atoms with van der Waals surface area (Å²) < 4.78 is 13.9. The fourth-order valence-electron chi connectivity index (χ4n) is 7.15. The minimum Gasteiger partial charge on any atom is -0.452 e. The second-order valence-electron chi connectivity index (χ2n) is 11.8. The summed E-state index contributed by atoms with van der Waals surface area (Å²) in [6.45, 7) is 0. The lowest BCUT2D eigenvalue weighted by Gasteiger charge is -2.10. The number of fused-ring (bicyclic) bond motifs is 12. The van der Waals surface area contributed by atoms with Gasteiger partial charge in [0.25, 0.3) is 0 Å². The molecule has 0 N–H and O–H groups in total. The summed E-state index contributed by atoms with van der Waals surface area (Å²) in [6, 6.07) is 45.3. The molecule has 214 valence electrons. The molecule has 5 aromatic heterocycles. The first-order valence-electron chi connectivity index (χ1n) is 15.2. The summed E-state index contributed by atoms with van der Waals surface area (Å²) >= 11 is 3.66. The molecule has 0 aliphatic heterocycles. The van der Waals surface area contributed by atoms with Crippen LogP contribution in [0.25, 0.3) is 101 Å². The van der Waals surface area contributed by atoms with Gasteiger partial charge in [-0.2, -0.15) is 0 Å². The maximum Gasteiger partial charge on any atom is 0.236 e. The quantitative estimate of drug-likeness (QED) is 0.192. The first kappa shape index (κ1) is 24.7. The van der Waals surface area contributed by atoms with Crippen molar-refractivity contribution < 1.29 is 4.42 Å². The van der Waals surface area contributed by atoms with E-state index in [4.69, 9.17) is 14.4 Å². The summed E-state index contributed by atoms with van der Waals surface area (Å²) in [5.41, 5.74) is 6.30. The first-order valence-corrected chi connectivity index (χ1v) is 16.9. The highest BCUT2D eigenvalue weighted by Gasteiger charge is 2.22. The van der Waals surface area contributed by atoms with Crippen LogP contribution >= 0.6 is 22.7 Å². The molecular formula is C40H21N3OS2. The van der Waals surface area contributed by atoms with E-state index in [1.807, 2.05) is 40.9 Å². The van der Waals surface area contributed by atoms with Gasteiger partial charge in [-0.05, 0) is 54.6 Å². The maximum absolute atomic E-state index is 6.53. The van der Waals surface area contributed by atoms with Gasteiger partial charge < -0.3 is 4.42 Å². The molecule has 0 fully saturated rings. The zero-order chi connectivity index (χ0) is 29.9. The van der Waals surface area contributed by atoms with Crippen molar-refractivity contribution in [2.45, 2.75) is 0 Å². The Labute approximate surface area is 269 Å². The molecule has 0 radical (unpaired) electrons. The normalized spacial score (nSPS) is 12.3. The van der Waals surface area contributed by atoms with Crippen molar-refractivity contribution in [1.29, 1.82) is 0 Å². The third-order valence-corrected chi connectivity index (χ3v) is 11.5. The molecule has 0 atom stereocenters. The summed E-state index contributed by atoms with van der Waals surface area (Å²) in [6.07, 6.45) is 0. The topological polar surface area (TPSA) is 43.9 Å². The highest BCUT2D eigenvalue weighted by Crippen LogP contribution is 2.42. The number of rotatable bonds is 2. The highest BCUT2D eigenvalue weighted by atomic mass is 32.1. The molecule has 0 bridgehead atoms. The van der Waals surface area contributed by atoms with Crippen LogP contribution in [0.15, 0.2) is 132 Å². The Morgan fingerprint density at radius 1 is 0.478 bits per heavy atom. The Hall–Kier alpha value is -5.56. The van der Waals surface area contributed by atoms with Crippen molar-refractivity contribution in [2.24, 2.45) is 0 Å². The van der Waals surface area contributed by atoms with Crippen molar-refractivity contribution >= 4 is 107 Å². The molecule has 11 rings (SSSR count). The van der Waals surface area contributed by atoms with E-state index < -0.39 is 0 Å². The lowest BCUT2D eigenvalue weighted by Crippen LogP contribution is -2.02. The van der Waals surface area contributed by atoms with Crippen LogP contribution in [0.5, 0.6) is 0 Å². The van der Waals surface area contributed by atoms with E-state index in [-0.39, 0.29) is 0 Å². The maximum atomic E-state index is 6.53. The van der Waals surface area contributed by atoms with Crippen molar-refractivity contribution in [1.82, 2.24) is 14.5 Å². The van der Waals surface area contributed by atoms with Crippen LogP contribution in [0.2, 0.25) is 0 Å². The van der Waals surface area contributed by atoms with Crippen molar-refractivity contribution in [2.75, 3.05) is 0 Å². The van der Waals surface area contributed by atoms with Gasteiger partial charge in [0, 0.05) is 62.1 Å². The minimum absolute atomic E-state index is 0.634. The van der Waals surface area contributed by atoms with E-state index in [9.17, 15) is 0 Å². The molecule has 0 unspecified atom stereocenters. The second-order valence-corrected chi connectivity index (χ2v) is 13.9. The zero-order valence-corrected chi connectivity index (χ0v) is 25.8. The average Bonchev–Trinajstić information content (AvgIpc) is 3.85. The van der Waals surface area contributed by atoms with E-state index in [0.717, 1.165) is 38.8 Å². The predicted octanol–water partition coefficient (Wildman–Crippen LogP) is 11.9. The summed E-state index contributed by atoms with van der Waals surface area (Å²) in [5.74, 6) is 0.634. The van der Waals surface area contributed by atoms with E-state index in [0.29, 0.717) is 11.5 Å². The lowest BCUT2D eigenvalue weighted by molar-refractivity contribution is 0.666. The van der Waals surface area contributed by atoms with Gasteiger partial charge >= 0.3 is 0 Å². The average molecular weight is 624 g/mol. The van der Waals surface area contributed by atoms with Gasteiger partial charge in [0.1, 0.15) is 16.8 Å². The van der Waals surface area contributed by atoms with Crippen LogP contribution in [0.1, 0.15) is 0 Å². The summed E-state index contributed by atoms with van der Waals surface area (Å²) in [7, 11) is 0. The lowest BCUT2D eigenvalue weighted by atomic mass is 10.1. The largest absolute Gasteiger partial charge is 0.452 e. The first-order chi connectivity index (χ1) is 22.8. The van der Waals surface area contributed by atoms with E-state index >= 15 is 0 Å². The fourth-order valence-corrected chi connectivity index (χ4v) is 9.36. The number of aromatic nitrogens is 3. The number of furan rings is 1. The molecule has 11 aromatic rings. The Kier molecular flexibility index (Phi) is 4.84. The van der Waals surface area contributed by atoms with Gasteiger partial charge in [-0.25, -0.2) is 9.97 Å². The standard InChI is InChI=1S/C40H21N3OS2/c1-5-13-30-23(9-1)27-21-36-29(25-11-4-8-16-34(25)46-36)20-31(27)43(30)40-41-37(39-38(42-40)26-12-2-6-14-32(26)44-39)22-17-18-35-28(19-22)24-10-3-7-15-33(24)45-35/h1-21H. The van der Waals surface area contributed by atoms with Gasteiger partial charge in [0.05, 0.1) is 11.0 Å². The third kappa shape index (κ3) is 3.32. The molecule has 6 heteroatoms. The predicted molar refractivity (Wildman–Crippen MR) is 195 cm³/mol. The molecule has 46 heavy (non-hydrogen) atoms. The van der Waals surface area contributed by atoms with Crippen LogP contribution < -0.4 is 0 Å². The Bertz CT molecular complexity index is 3050. The monoisotopic (exact) mass is 623 g/mol. The number of hydrogen-bond donors (Lipinski definition) is 0. The molecule has 6 aromatic carbocycles. The van der Waals surface area contributed by atoms with Crippen LogP contribution in [0.4, 0.5) is 0 Å². The molecule has 0 spiro atoms. The van der Waals surface area contributed by atoms with Crippen molar-refractivity contribution in [3.8, 4) is 17.2 Å². The summed E-state index contributed by atoms with van der Waals surface area (Å²) in [5, 5.41) is 8.38. The summed E-state index contributed by atoms with van der Waals surface area (Å²) in [4.78, 5) is 10.7. The fraction of sp³-hybridized carbons (Fsp3) is 0. The zero-order valence-electron chi connectivity index (χ0n) is 24.2. The van der Waals surface area contributed by atoms with Gasteiger partial charge in [-0.15, -0.1) is 22.7 Å². The van der Waals surface area contributed by atoms with E-state index in [1.165, 1.54) is 51.1 Å². The van der Waals surface area contributed by atoms with Crippen molar-refractivity contribution in [3.05, 3.63) is 127 Å². The molecule has 0 amide bonds. The molecule has 5 heterocycles. The van der Waals surface area contributed by atoms with Crippen molar-refractivity contribution in [3.63, 3.8) is 0 Å². The number of nitrogens with zero attached hydrogens (tertiary/aromatic N) is 3. The third-order valence-electron chi connectivity index (χ3n) is 9.23. The van der Waals surface area contributed by atoms with Crippen LogP contribution in [-0.4, -0.2) is 14.5 Å². The number of para-hydroxylation sites is 2. The van der Waals surface area contributed by atoms with Gasteiger partial charge in [0.15, 0.2) is 5.58 Å². The highest BCUT2D eigenvalue weighted by molar-refractivity contribution is 7.26. The Morgan fingerprint density at radius 2 is 1.13 bits per heavy atom. The SMILES string of the molecule is c1ccc2c(c1)oc1c(-c3ccc4sc5ccccc5c4c3)nc(-n3c4ccccc4c4cc5sc6ccccc6c5cc43)nc12. The van der Waals surface area contributed by atoms with Gasteiger partial charge in [0.2, 0.25) is 5.95 Å². The second kappa shape index (κ2) is 9.01. The molecule has 0 aliphatic carbocycles. The molecular weight excluding hydrogens is 603 g/mol. The van der Waals surface area contributed by atoms with Crippen LogP contribution in [0, 0.1) is 0 Å². The van der Waals surface area contributed by atoms with E-state index in [2.05, 4.69) is 114 Å². The number of thiophene rings is 2. The Morgan fingerprint density at radius 3 is 1.96 bits per heavy atom. The Balaban J connectivity index is 1.27. The van der Waals surface area contributed by atoms with Gasteiger partial charge in [-0.1, -0.05) is 72.8 Å². The number of hydrogen-bond acceptors (Lipinski definition) is 5. The minimum atomic E-state index is 0.634. The molecule has 0 aliphatic rings. The van der Waals surface area contributed by atoms with Crippen LogP contribution in [0.3, 0.4) is 0 Å². The van der Waals surface area contributed by atoms with E-state index in [1.54, 1.807) is 0 Å². The molecule has 0 saturated carbocycles. The molecule has 0 saturated heterocycles. The number of benzene rings is 6. The van der Waals surface area contributed by atoms with Gasteiger partial charge in [-0.3, -0.25) is 4.57 Å². The smallest absolute Gasteiger partial charge is 0.236 e. The molecule has 4 nitrogen and oxygen atoms in total. The van der Waals surface area contributed by atoms with Crippen LogP contribution in [-0.2, 0) is 0 Å².